The monoisotopic (exact) mass is 1240 g/mol. The van der Waals surface area contributed by atoms with Crippen molar-refractivity contribution in [2.24, 2.45) is 50.5 Å². The predicted molar refractivity (Wildman–Crippen MR) is 319 cm³/mol. The number of carbonyl (C=O) groups excluding carboxylic acids is 9. The number of amides is 9. The van der Waals surface area contributed by atoms with E-state index in [1.54, 1.807) is 39.8 Å². The molecule has 0 aliphatic carbocycles. The second kappa shape index (κ2) is 38.2. The topological polar surface area (TPSA) is 570 Å². The third-order valence-corrected chi connectivity index (χ3v) is 12.9. The van der Waals surface area contributed by atoms with Crippen molar-refractivity contribution in [1.82, 2.24) is 47.9 Å². The fourth-order valence-corrected chi connectivity index (χ4v) is 8.35. The lowest BCUT2D eigenvalue weighted by Gasteiger charge is -2.28. The van der Waals surface area contributed by atoms with Gasteiger partial charge in [0.15, 0.2) is 11.9 Å². The number of unbranched alkanes of at least 4 members (excludes halogenated alkanes) is 1. The minimum atomic E-state index is -1.92. The molecule has 34 heteroatoms. The number of aliphatic carboxylic acids is 2. The van der Waals surface area contributed by atoms with E-state index < -0.39 is 137 Å². The number of nitrogens with one attached hydrogen (secondary N) is 9. The van der Waals surface area contributed by atoms with Gasteiger partial charge in [0.05, 0.1) is 18.5 Å². The summed E-state index contributed by atoms with van der Waals surface area (Å²) in [6.45, 7) is 7.54. The van der Waals surface area contributed by atoms with Crippen molar-refractivity contribution < 1.29 is 72.9 Å². The Morgan fingerprint density at radius 2 is 1.10 bits per heavy atom. The summed E-state index contributed by atoms with van der Waals surface area (Å²) in [6.07, 6.45) is -0.381. The Bertz CT molecular complexity index is 2790. The first-order valence-corrected chi connectivity index (χ1v) is 28.1. The van der Waals surface area contributed by atoms with Gasteiger partial charge < -0.3 is 92.5 Å². The van der Waals surface area contributed by atoms with Crippen molar-refractivity contribution in [2.45, 2.75) is 147 Å². The van der Waals surface area contributed by atoms with Gasteiger partial charge in [0, 0.05) is 25.2 Å². The quantitative estimate of drug-likeness (QED) is 0.00760. The number of carbonyl (C=O) groups is 11. The summed E-state index contributed by atoms with van der Waals surface area (Å²) < 4.78 is 0. The molecule has 0 radical (unpaired) electrons. The van der Waals surface area contributed by atoms with Crippen LogP contribution in [0, 0.1) is 22.0 Å². The molecule has 0 heterocycles. The van der Waals surface area contributed by atoms with Crippen molar-refractivity contribution >= 4 is 82.7 Å². The maximum absolute atomic E-state index is 14.2. The van der Waals surface area contributed by atoms with Gasteiger partial charge in [0.1, 0.15) is 54.1 Å². The lowest BCUT2D eigenvalue weighted by atomic mass is 10.00. The Hall–Kier alpha value is -9.89. The molecule has 88 heavy (non-hydrogen) atoms. The van der Waals surface area contributed by atoms with Crippen LogP contribution in [0.1, 0.15) is 108 Å². The standard InChI is InChI=1S/C54H84N18O16/c1-28(2)24-38(49(81)64-30(5)44(76)69-39(50(82)70-40(52(84)85)26-42(74)75)25-31-17-19-32(20-18-31)88-72(86)87)65-41(73)27-63-46(78)35(15-10-22-61-53(57)58)67-47(79)36(14-8-9-21-55)68-51(83)43(29(3)4)71-48(80)37(16-11-23-62-54(59)60)66-45(77)33-12-6-7-13-34(33)56/h6-7,12-13,17-20,28-30,35-40,43H,8-11,14-16,21-27,55-56H2,1-5H3,(H,63,78)(H,64,81)(H,65,73)(H,66,77)(H,67,79)(H,68,83)(H,69,76)(H,70,82)(H,71,80)(H,74,75)(H,84,85)(H4,57,58,61)(H4,59,60,62)/t30-,35-,36-,37-,38-,39-,40-,43-/m0/s1. The molecule has 0 spiro atoms. The Kier molecular flexibility index (Phi) is 32.2. The second-order valence-corrected chi connectivity index (χ2v) is 21.1. The number of nitrogens with zero attached hydrogens (tertiary/aromatic N) is 3. The molecule has 0 aliphatic heterocycles. The molecule has 0 unspecified atom stereocenters. The van der Waals surface area contributed by atoms with Crippen LogP contribution in [0.5, 0.6) is 5.75 Å². The SMILES string of the molecule is CC(C)C[C@H](NC(=O)CNC(=O)[C@H](CCCN=C(N)N)NC(=O)[C@H](CCCCN)NC(=O)[C@@H](NC(=O)[C@H](CCCN=C(N)N)NC(=O)c1ccccc1N)C(C)C)C(=O)N[C@@H](C)C(=O)N[C@@H](Cc1ccc(O[N+](=O)[O-])cc1)C(=O)N[C@@H](CC(=O)O)C(=O)O. The summed E-state index contributed by atoms with van der Waals surface area (Å²) in [7, 11) is 0. The largest absolute Gasteiger partial charge is 0.481 e. The zero-order chi connectivity index (χ0) is 66.2. The second-order valence-electron chi connectivity index (χ2n) is 21.1. The first-order chi connectivity index (χ1) is 41.4. The van der Waals surface area contributed by atoms with E-state index in [2.05, 4.69) is 62.7 Å². The van der Waals surface area contributed by atoms with E-state index in [4.69, 9.17) is 34.4 Å². The van der Waals surface area contributed by atoms with Gasteiger partial charge >= 0.3 is 11.9 Å². The molecule has 0 aliphatic rings. The molecular formula is C54H84N18O16. The van der Waals surface area contributed by atoms with Gasteiger partial charge in [-0.2, -0.15) is 0 Å². The summed E-state index contributed by atoms with van der Waals surface area (Å²) in [5.74, 6) is -12.6. The van der Waals surface area contributed by atoms with E-state index in [9.17, 15) is 73.1 Å². The molecule has 0 bridgehead atoms. The van der Waals surface area contributed by atoms with Crippen molar-refractivity contribution in [3.05, 3.63) is 69.8 Å². The van der Waals surface area contributed by atoms with Crippen LogP contribution in [-0.4, -0.2) is 167 Å². The van der Waals surface area contributed by atoms with Crippen molar-refractivity contribution in [3.8, 4) is 5.75 Å². The van der Waals surface area contributed by atoms with Crippen LogP contribution in [0.3, 0.4) is 0 Å². The minimum Gasteiger partial charge on any atom is -0.481 e. The molecule has 486 valence electrons. The number of rotatable bonds is 40. The molecule has 2 aromatic rings. The smallest absolute Gasteiger partial charge is 0.326 e. The lowest BCUT2D eigenvalue weighted by Crippen LogP contribution is -2.59. The maximum Gasteiger partial charge on any atom is 0.326 e. The van der Waals surface area contributed by atoms with Gasteiger partial charge in [0.2, 0.25) is 47.3 Å². The van der Waals surface area contributed by atoms with Crippen LogP contribution < -0.4 is 87.1 Å². The highest BCUT2D eigenvalue weighted by Crippen LogP contribution is 2.16. The van der Waals surface area contributed by atoms with Gasteiger partial charge in [-0.25, -0.2) is 4.79 Å². The highest BCUT2D eigenvalue weighted by Gasteiger charge is 2.35. The molecule has 2 rings (SSSR count). The lowest BCUT2D eigenvalue weighted by molar-refractivity contribution is -0.711. The molecule has 2 aromatic carbocycles. The fraction of sp³-hybridized carbons (Fsp3) is 0.537. The summed E-state index contributed by atoms with van der Waals surface area (Å²) in [5.41, 5.74) is 34.2. The van der Waals surface area contributed by atoms with E-state index in [1.807, 2.05) is 0 Å². The van der Waals surface area contributed by atoms with E-state index in [0.717, 1.165) is 0 Å². The molecule has 23 N–H and O–H groups in total. The summed E-state index contributed by atoms with van der Waals surface area (Å²) in [5, 5.41) is 51.0. The number of anilines is 1. The van der Waals surface area contributed by atoms with Crippen LogP contribution in [-0.2, 0) is 54.4 Å². The number of carboxylic acids is 2. The Labute approximate surface area is 507 Å². The van der Waals surface area contributed by atoms with E-state index in [-0.39, 0.29) is 105 Å². The van der Waals surface area contributed by atoms with Crippen LogP contribution in [0.15, 0.2) is 58.5 Å². The molecule has 0 saturated carbocycles. The van der Waals surface area contributed by atoms with Crippen molar-refractivity contribution in [1.29, 1.82) is 0 Å². The number of nitrogen functional groups attached to an aromatic ring is 1. The number of hydrogen-bond acceptors (Lipinski definition) is 18. The summed E-state index contributed by atoms with van der Waals surface area (Å²) in [4.78, 5) is 170. The predicted octanol–water partition coefficient (Wildman–Crippen LogP) is -3.79. The van der Waals surface area contributed by atoms with Gasteiger partial charge in [0.25, 0.3) is 11.0 Å². The first kappa shape index (κ1) is 74.2. The van der Waals surface area contributed by atoms with Crippen LogP contribution in [0.25, 0.3) is 0 Å². The summed E-state index contributed by atoms with van der Waals surface area (Å²) >= 11 is 0. The number of aliphatic imine (C=N–C) groups is 2. The van der Waals surface area contributed by atoms with E-state index in [1.165, 1.54) is 43.3 Å². The van der Waals surface area contributed by atoms with Gasteiger partial charge in [-0.1, -0.05) is 52.0 Å². The molecule has 0 aromatic heterocycles. The first-order valence-electron chi connectivity index (χ1n) is 28.1. The van der Waals surface area contributed by atoms with Gasteiger partial charge in [-0.3, -0.25) is 62.8 Å². The van der Waals surface area contributed by atoms with E-state index in [0.29, 0.717) is 12.8 Å². The third kappa shape index (κ3) is 28.3. The molecule has 0 fully saturated rings. The number of nitrogens with two attached hydrogens (primary N) is 6. The molecule has 8 atom stereocenters. The number of carboxylic acid groups (broad SMARTS) is 2. The van der Waals surface area contributed by atoms with Crippen molar-refractivity contribution in [3.63, 3.8) is 0 Å². The highest BCUT2D eigenvalue weighted by atomic mass is 17.0. The van der Waals surface area contributed by atoms with Crippen molar-refractivity contribution in [2.75, 3.05) is 31.9 Å². The molecule has 0 saturated heterocycles. The zero-order valence-electron chi connectivity index (χ0n) is 49.7. The number of para-hydroxylation sites is 1. The van der Waals surface area contributed by atoms with Gasteiger partial charge in [-0.15, -0.1) is 10.1 Å². The molecular weight excluding hydrogens is 1160 g/mol. The maximum atomic E-state index is 14.2. The van der Waals surface area contributed by atoms with Crippen LogP contribution in [0.4, 0.5) is 5.69 Å². The Balaban J connectivity index is 2.33. The Morgan fingerprint density at radius 1 is 0.591 bits per heavy atom. The number of hydrogen-bond donors (Lipinski definition) is 17. The normalized spacial score (nSPS) is 13.6. The van der Waals surface area contributed by atoms with E-state index >= 15 is 0 Å². The molecule has 34 nitrogen and oxygen atoms in total. The number of benzene rings is 2. The number of guanidine groups is 2. The average molecular weight is 1240 g/mol. The fourth-order valence-electron chi connectivity index (χ4n) is 8.35. The molecule has 9 amide bonds. The van der Waals surface area contributed by atoms with Crippen LogP contribution in [0.2, 0.25) is 0 Å². The minimum absolute atomic E-state index is 0.00899. The Morgan fingerprint density at radius 3 is 1.64 bits per heavy atom. The highest BCUT2D eigenvalue weighted by molar-refractivity contribution is 6.02. The zero-order valence-corrected chi connectivity index (χ0v) is 49.7. The average Bonchev–Trinajstić information content (AvgIpc) is 3.15. The van der Waals surface area contributed by atoms with Gasteiger partial charge in [-0.05, 0) is 106 Å². The summed E-state index contributed by atoms with van der Waals surface area (Å²) in [6, 6.07) is -0.354. The van der Waals surface area contributed by atoms with Crippen LogP contribution >= 0.6 is 0 Å². The third-order valence-electron chi connectivity index (χ3n) is 12.9.